The topological polar surface area (TPSA) is 36.1 Å². The number of carbonyl (C=O) groups is 1. The summed E-state index contributed by atoms with van der Waals surface area (Å²) in [6, 6.07) is 9.99. The average molecular weight is 283 g/mol. The van der Waals surface area contributed by atoms with Crippen molar-refractivity contribution in [2.45, 2.75) is 27.2 Å². The number of carbonyl (C=O) groups excluding carboxylic acids is 1. The first kappa shape index (κ1) is 14.2. The molecule has 1 aliphatic heterocycles. The Morgan fingerprint density at radius 1 is 1.33 bits per heavy atom. The maximum absolute atomic E-state index is 12.6. The van der Waals surface area contributed by atoms with Gasteiger partial charge in [0.25, 0.3) is 5.91 Å². The van der Waals surface area contributed by atoms with Crippen LogP contribution in [-0.2, 0) is 0 Å². The molecule has 1 aliphatic rings. The lowest BCUT2D eigenvalue weighted by molar-refractivity contribution is 0.0779. The van der Waals surface area contributed by atoms with Gasteiger partial charge in [0, 0.05) is 24.0 Å². The van der Waals surface area contributed by atoms with Crippen LogP contribution < -0.4 is 0 Å². The summed E-state index contributed by atoms with van der Waals surface area (Å²) in [5, 5.41) is 1.10. The van der Waals surface area contributed by atoms with Crippen LogP contribution in [0.4, 0.5) is 0 Å². The van der Waals surface area contributed by atoms with Crippen molar-refractivity contribution in [3.05, 3.63) is 41.9 Å². The third-order valence-corrected chi connectivity index (χ3v) is 4.89. The largest absolute Gasteiger partial charge is 0.351 e. The summed E-state index contributed by atoms with van der Waals surface area (Å²) in [4.78, 5) is 17.9. The van der Waals surface area contributed by atoms with Crippen molar-refractivity contribution in [2.24, 2.45) is 11.8 Å². The van der Waals surface area contributed by atoms with E-state index in [-0.39, 0.29) is 5.91 Å². The molecule has 1 N–H and O–H groups in total. The fourth-order valence-corrected chi connectivity index (χ4v) is 3.21. The van der Waals surface area contributed by atoms with Crippen molar-refractivity contribution in [1.82, 2.24) is 9.88 Å². The molecule has 2 atom stereocenters. The van der Waals surface area contributed by atoms with Gasteiger partial charge in [-0.15, -0.1) is 0 Å². The first-order chi connectivity index (χ1) is 10.1. The predicted molar refractivity (Wildman–Crippen MR) is 86.1 cm³/mol. The molecule has 3 rings (SSSR count). The summed E-state index contributed by atoms with van der Waals surface area (Å²) in [5.41, 5.74) is 1.74. The highest BCUT2D eigenvalue weighted by Crippen LogP contribution is 2.30. The Balaban J connectivity index is 1.74. The number of aromatic amines is 1. The second kappa shape index (κ2) is 5.55. The lowest BCUT2D eigenvalue weighted by Crippen LogP contribution is -2.30. The monoisotopic (exact) mass is 283 g/mol. The van der Waals surface area contributed by atoms with Gasteiger partial charge in [-0.05, 0) is 36.3 Å². The Bertz CT molecular complexity index is 610. The molecule has 1 aromatic carbocycles. The lowest BCUT2D eigenvalue weighted by atomic mass is 9.84. The first-order valence-corrected chi connectivity index (χ1v) is 7.73. The molecule has 3 nitrogen and oxygen atoms in total. The number of benzene rings is 1. The standard InChI is InChI=1S/C18H23N2O/c1-12(2)13(3)15-8-9-20(11-15)18(21)17-10-14-6-4-5-7-16(14)19-17/h4-7,10,13,15,19H,8-9,11H2,1-3H3. The number of likely N-dealkylation sites (tertiary alicyclic amines) is 1. The van der Waals surface area contributed by atoms with Gasteiger partial charge in [0.05, 0.1) is 0 Å². The van der Waals surface area contributed by atoms with Crippen LogP contribution in [0.15, 0.2) is 30.3 Å². The molecule has 111 valence electrons. The van der Waals surface area contributed by atoms with E-state index in [9.17, 15) is 4.79 Å². The van der Waals surface area contributed by atoms with Gasteiger partial charge in [-0.25, -0.2) is 0 Å². The van der Waals surface area contributed by atoms with E-state index in [0.29, 0.717) is 17.5 Å². The van der Waals surface area contributed by atoms with Crippen LogP contribution in [0.2, 0.25) is 0 Å². The average Bonchev–Trinajstić information content (AvgIpc) is 3.12. The minimum absolute atomic E-state index is 0.134. The van der Waals surface area contributed by atoms with Crippen LogP contribution in [-0.4, -0.2) is 28.9 Å². The Kier molecular flexibility index (Phi) is 3.75. The van der Waals surface area contributed by atoms with E-state index >= 15 is 0 Å². The first-order valence-electron chi connectivity index (χ1n) is 7.73. The third-order valence-electron chi connectivity index (χ3n) is 4.89. The van der Waals surface area contributed by atoms with Gasteiger partial charge in [0.2, 0.25) is 0 Å². The van der Waals surface area contributed by atoms with E-state index in [1.807, 2.05) is 35.2 Å². The highest BCUT2D eigenvalue weighted by atomic mass is 16.2. The second-order valence-corrected chi connectivity index (χ2v) is 6.44. The van der Waals surface area contributed by atoms with Gasteiger partial charge in [0.15, 0.2) is 0 Å². The molecule has 0 spiro atoms. The van der Waals surface area contributed by atoms with Crippen molar-refractivity contribution in [1.29, 1.82) is 0 Å². The van der Waals surface area contributed by atoms with Gasteiger partial charge in [-0.1, -0.05) is 39.0 Å². The summed E-state index contributed by atoms with van der Waals surface area (Å²) in [6.45, 7) is 8.40. The summed E-state index contributed by atoms with van der Waals surface area (Å²) in [5.74, 6) is 2.78. The van der Waals surface area contributed by atoms with Gasteiger partial charge in [-0.3, -0.25) is 4.79 Å². The second-order valence-electron chi connectivity index (χ2n) is 6.44. The molecule has 2 unspecified atom stereocenters. The smallest absolute Gasteiger partial charge is 0.270 e. The summed E-state index contributed by atoms with van der Waals surface area (Å²) in [6.07, 6.45) is 1.11. The van der Waals surface area contributed by atoms with Crippen molar-refractivity contribution < 1.29 is 4.79 Å². The summed E-state index contributed by atoms with van der Waals surface area (Å²) in [7, 11) is 0. The number of H-pyrrole nitrogens is 1. The zero-order valence-electron chi connectivity index (χ0n) is 13.0. The number of rotatable bonds is 3. The van der Waals surface area contributed by atoms with E-state index in [0.717, 1.165) is 30.4 Å². The maximum Gasteiger partial charge on any atom is 0.270 e. The highest BCUT2D eigenvalue weighted by molar-refractivity contribution is 5.98. The van der Waals surface area contributed by atoms with E-state index in [1.54, 1.807) is 0 Å². The third kappa shape index (κ3) is 2.69. The number of nitrogens with zero attached hydrogens (tertiary/aromatic N) is 1. The van der Waals surface area contributed by atoms with Crippen LogP contribution in [0.25, 0.3) is 10.9 Å². The predicted octanol–water partition coefficient (Wildman–Crippen LogP) is 3.88. The van der Waals surface area contributed by atoms with Gasteiger partial charge in [0.1, 0.15) is 5.69 Å². The van der Waals surface area contributed by atoms with Crippen molar-refractivity contribution in [2.75, 3.05) is 13.1 Å². The molecule has 2 heterocycles. The normalized spacial score (nSPS) is 20.4. The quantitative estimate of drug-likeness (QED) is 0.911. The zero-order chi connectivity index (χ0) is 15.0. The highest BCUT2D eigenvalue weighted by Gasteiger charge is 2.31. The fraction of sp³-hybridized carbons (Fsp3) is 0.444. The fourth-order valence-electron chi connectivity index (χ4n) is 3.21. The van der Waals surface area contributed by atoms with E-state index in [4.69, 9.17) is 0 Å². The summed E-state index contributed by atoms with van der Waals surface area (Å²) >= 11 is 0. The molecule has 0 aliphatic carbocycles. The molecular formula is C18H23N2O. The van der Waals surface area contributed by atoms with Crippen LogP contribution in [0.5, 0.6) is 0 Å². The molecule has 2 aromatic rings. The molecule has 1 fully saturated rings. The zero-order valence-corrected chi connectivity index (χ0v) is 13.0. The molecule has 1 saturated heterocycles. The van der Waals surface area contributed by atoms with Crippen LogP contribution in [0.1, 0.15) is 37.7 Å². The molecular weight excluding hydrogens is 260 g/mol. The Hall–Kier alpha value is -1.77. The Morgan fingerprint density at radius 3 is 2.81 bits per heavy atom. The van der Waals surface area contributed by atoms with Crippen LogP contribution in [0, 0.1) is 17.8 Å². The molecule has 1 amide bonds. The summed E-state index contributed by atoms with van der Waals surface area (Å²) < 4.78 is 0. The van der Waals surface area contributed by atoms with Crippen molar-refractivity contribution in [3.63, 3.8) is 0 Å². The number of para-hydroxylation sites is 1. The van der Waals surface area contributed by atoms with E-state index in [1.165, 1.54) is 5.92 Å². The van der Waals surface area contributed by atoms with Gasteiger partial charge < -0.3 is 9.88 Å². The molecule has 3 heteroatoms. The molecule has 0 bridgehead atoms. The number of fused-ring (bicyclic) bond motifs is 1. The van der Waals surface area contributed by atoms with Crippen LogP contribution in [0.3, 0.4) is 0 Å². The number of amides is 1. The lowest BCUT2D eigenvalue weighted by Gasteiger charge is -2.23. The van der Waals surface area contributed by atoms with E-state index in [2.05, 4.69) is 25.8 Å². The Labute approximate surface area is 126 Å². The van der Waals surface area contributed by atoms with Crippen LogP contribution >= 0.6 is 0 Å². The number of aromatic nitrogens is 1. The molecule has 1 aromatic heterocycles. The van der Waals surface area contributed by atoms with E-state index < -0.39 is 0 Å². The maximum atomic E-state index is 12.6. The number of hydrogen-bond acceptors (Lipinski definition) is 1. The van der Waals surface area contributed by atoms with Crippen molar-refractivity contribution in [3.8, 4) is 0 Å². The molecule has 1 radical (unpaired) electrons. The number of nitrogens with one attached hydrogen (secondary N) is 1. The molecule has 0 saturated carbocycles. The minimum atomic E-state index is 0.134. The van der Waals surface area contributed by atoms with Crippen molar-refractivity contribution >= 4 is 16.8 Å². The minimum Gasteiger partial charge on any atom is -0.351 e. The SMILES string of the molecule is C[C](C)C(C)C1CCN(C(=O)c2cc3ccccc3[nH]2)C1. The Morgan fingerprint density at radius 2 is 2.10 bits per heavy atom. The van der Waals surface area contributed by atoms with Gasteiger partial charge in [-0.2, -0.15) is 0 Å². The van der Waals surface area contributed by atoms with Gasteiger partial charge >= 0.3 is 0 Å². The molecule has 21 heavy (non-hydrogen) atoms. The number of hydrogen-bond donors (Lipinski definition) is 1.